The molecule has 2 saturated heterocycles. The van der Waals surface area contributed by atoms with Crippen molar-refractivity contribution in [1.29, 1.82) is 0 Å². The third-order valence-electron chi connectivity index (χ3n) is 7.29. The van der Waals surface area contributed by atoms with E-state index in [4.69, 9.17) is 10.5 Å². The number of nitrogen functional groups attached to an aromatic ring is 1. The van der Waals surface area contributed by atoms with Crippen molar-refractivity contribution in [2.45, 2.75) is 43.6 Å². The highest BCUT2D eigenvalue weighted by Gasteiger charge is 2.45. The molecule has 2 aromatic heterocycles. The van der Waals surface area contributed by atoms with E-state index in [1.54, 1.807) is 0 Å². The summed E-state index contributed by atoms with van der Waals surface area (Å²) in [7, 11) is -2.40. The zero-order valence-electron chi connectivity index (χ0n) is 22.8. The number of esters is 1. The van der Waals surface area contributed by atoms with E-state index in [1.165, 1.54) is 23.2 Å². The predicted octanol–water partition coefficient (Wildman–Crippen LogP) is 2.74. The number of thiol groups is 1. The molecular formula is C25H25F5N6O6S2. The Morgan fingerprint density at radius 1 is 1.27 bits per heavy atom. The van der Waals surface area contributed by atoms with Crippen LogP contribution >= 0.6 is 11.3 Å². The van der Waals surface area contributed by atoms with Crippen molar-refractivity contribution >= 4 is 60.8 Å². The van der Waals surface area contributed by atoms with Gasteiger partial charge in [-0.15, -0.1) is 13.2 Å². The molecule has 19 heteroatoms. The maximum atomic E-state index is 13.7. The number of nitrogens with zero attached hydrogens (tertiary/aromatic N) is 5. The number of amides is 1. The summed E-state index contributed by atoms with van der Waals surface area (Å²) in [6.45, 7) is -0.719. The Hall–Kier alpha value is -4.00. The SMILES string of the molecule is COC(=O)[C@@H](Cc1cc2ccnc(N)c2cc1OC(F)(F)F)N1CC[C@H](N(c2cnc(N3CCC(F)(F)C3)s2)[SH](=O)=O)C1=O. The molecule has 12 nitrogen and oxygen atoms in total. The van der Waals surface area contributed by atoms with E-state index >= 15 is 0 Å². The minimum atomic E-state index is -5.10. The number of likely N-dealkylation sites (tertiary alicyclic amines) is 1. The van der Waals surface area contributed by atoms with Crippen molar-refractivity contribution in [3.8, 4) is 5.75 Å². The quantitative estimate of drug-likeness (QED) is 0.199. The maximum Gasteiger partial charge on any atom is 0.573 e. The van der Waals surface area contributed by atoms with Gasteiger partial charge in [0.15, 0.2) is 5.13 Å². The number of thiazole rings is 1. The standard InChI is InChI=1S/C25H25F5N6O6S2/c1-41-22(38)17(9-14-8-13-2-5-32-20(31)15(13)10-18(14)42-25(28,29)30)35-6-3-16(21(35)37)36(44(39)40)19-11-33-23(43-19)34-7-4-24(26,27)12-34/h2,5,8,10-11,16-17,44H,3-4,6-7,9,12H2,1H3,(H2,31,32)/t16-,17+/m0/s1. The summed E-state index contributed by atoms with van der Waals surface area (Å²) in [6, 6.07) is 1.06. The summed E-state index contributed by atoms with van der Waals surface area (Å²) >= 11 is 0.812. The number of alkyl halides is 5. The molecule has 5 rings (SSSR count). The molecular weight excluding hydrogens is 639 g/mol. The third-order valence-corrected chi connectivity index (χ3v) is 9.33. The van der Waals surface area contributed by atoms with Crippen LogP contribution in [0.4, 0.5) is 37.9 Å². The maximum absolute atomic E-state index is 13.7. The lowest BCUT2D eigenvalue weighted by atomic mass is 10.00. The van der Waals surface area contributed by atoms with Gasteiger partial charge in [0.05, 0.1) is 19.9 Å². The predicted molar refractivity (Wildman–Crippen MR) is 149 cm³/mol. The van der Waals surface area contributed by atoms with Crippen molar-refractivity contribution in [3.05, 3.63) is 36.2 Å². The van der Waals surface area contributed by atoms with Crippen molar-refractivity contribution in [2.24, 2.45) is 0 Å². The molecule has 238 valence electrons. The average Bonchev–Trinajstić information content (AvgIpc) is 3.66. The highest BCUT2D eigenvalue weighted by atomic mass is 32.2. The van der Waals surface area contributed by atoms with E-state index in [0.29, 0.717) is 5.39 Å². The molecule has 3 aromatic rings. The first-order valence-electron chi connectivity index (χ1n) is 13.0. The van der Waals surface area contributed by atoms with Gasteiger partial charge in [-0.1, -0.05) is 11.3 Å². The van der Waals surface area contributed by atoms with Gasteiger partial charge in [0.1, 0.15) is 28.7 Å². The van der Waals surface area contributed by atoms with Crippen molar-refractivity contribution < 1.29 is 49.4 Å². The Labute approximate surface area is 252 Å². The van der Waals surface area contributed by atoms with Crippen molar-refractivity contribution in [2.75, 3.05) is 41.7 Å². The molecule has 0 bridgehead atoms. The Balaban J connectivity index is 1.44. The second-order valence-corrected chi connectivity index (χ2v) is 12.0. The van der Waals surface area contributed by atoms with E-state index in [0.717, 1.165) is 39.9 Å². The van der Waals surface area contributed by atoms with Crippen LogP contribution in [0.2, 0.25) is 0 Å². The average molecular weight is 665 g/mol. The van der Waals surface area contributed by atoms with Gasteiger partial charge in [0.25, 0.3) is 5.92 Å². The number of rotatable bonds is 9. The number of benzene rings is 1. The number of pyridine rings is 1. The van der Waals surface area contributed by atoms with E-state index < -0.39 is 65.9 Å². The third kappa shape index (κ3) is 6.42. The second-order valence-electron chi connectivity index (χ2n) is 10.1. The van der Waals surface area contributed by atoms with E-state index in [9.17, 15) is 40.0 Å². The number of fused-ring (bicyclic) bond motifs is 1. The largest absolute Gasteiger partial charge is 0.573 e. The number of methoxy groups -OCH3 is 1. The van der Waals surface area contributed by atoms with Crippen molar-refractivity contribution in [1.82, 2.24) is 14.9 Å². The number of hydrogen-bond acceptors (Lipinski definition) is 11. The summed E-state index contributed by atoms with van der Waals surface area (Å²) in [5.74, 6) is -5.41. The molecule has 1 amide bonds. The molecule has 4 heterocycles. The van der Waals surface area contributed by atoms with Gasteiger partial charge in [-0.05, 0) is 35.6 Å². The van der Waals surface area contributed by atoms with Gasteiger partial charge in [0, 0.05) is 37.5 Å². The Bertz CT molecular complexity index is 1660. The van der Waals surface area contributed by atoms with Gasteiger partial charge >= 0.3 is 12.3 Å². The van der Waals surface area contributed by atoms with Crippen molar-refractivity contribution in [3.63, 3.8) is 0 Å². The molecule has 2 atom stereocenters. The van der Waals surface area contributed by atoms with Crippen LogP contribution in [-0.2, 0) is 31.6 Å². The zero-order valence-corrected chi connectivity index (χ0v) is 24.5. The number of anilines is 3. The minimum absolute atomic E-state index is 0.00253. The van der Waals surface area contributed by atoms with Gasteiger partial charge < -0.3 is 25.0 Å². The van der Waals surface area contributed by atoms with Crippen LogP contribution in [0.5, 0.6) is 5.75 Å². The van der Waals surface area contributed by atoms with Gasteiger partial charge in [-0.3, -0.25) is 4.79 Å². The lowest BCUT2D eigenvalue weighted by Gasteiger charge is -2.28. The molecule has 44 heavy (non-hydrogen) atoms. The highest BCUT2D eigenvalue weighted by Crippen LogP contribution is 2.39. The summed E-state index contributed by atoms with van der Waals surface area (Å²) in [4.78, 5) is 36.9. The molecule has 0 radical (unpaired) electrons. The molecule has 2 aliphatic heterocycles. The first-order chi connectivity index (χ1) is 20.7. The number of carbonyl (C=O) groups excluding carboxylic acids is 2. The van der Waals surface area contributed by atoms with E-state index in [2.05, 4.69) is 14.7 Å². The first kappa shape index (κ1) is 31.4. The second kappa shape index (κ2) is 11.8. The number of carbonyl (C=O) groups is 2. The topological polar surface area (TPSA) is 148 Å². The van der Waals surface area contributed by atoms with E-state index in [1.807, 2.05) is 0 Å². The molecule has 1 aromatic carbocycles. The first-order valence-corrected chi connectivity index (χ1v) is 15.0. The van der Waals surface area contributed by atoms with Crippen LogP contribution < -0.4 is 19.7 Å². The zero-order chi connectivity index (χ0) is 32.0. The summed E-state index contributed by atoms with van der Waals surface area (Å²) < 4.78 is 102. The van der Waals surface area contributed by atoms with Crippen LogP contribution in [0.1, 0.15) is 18.4 Å². The fourth-order valence-electron chi connectivity index (χ4n) is 5.29. The summed E-state index contributed by atoms with van der Waals surface area (Å²) in [6.07, 6.45) is -3.55. The van der Waals surface area contributed by atoms with Crippen LogP contribution in [0.15, 0.2) is 30.6 Å². The highest BCUT2D eigenvalue weighted by molar-refractivity contribution is 7.74. The fourth-order valence-corrected chi connectivity index (χ4v) is 7.17. The molecule has 0 saturated carbocycles. The molecule has 2 fully saturated rings. The lowest BCUT2D eigenvalue weighted by molar-refractivity contribution is -0.274. The Morgan fingerprint density at radius 3 is 2.66 bits per heavy atom. The van der Waals surface area contributed by atoms with Crippen LogP contribution in [0.3, 0.4) is 0 Å². The molecule has 0 unspecified atom stereocenters. The lowest BCUT2D eigenvalue weighted by Crippen LogP contribution is -2.48. The monoisotopic (exact) mass is 664 g/mol. The van der Waals surface area contributed by atoms with E-state index in [-0.39, 0.29) is 52.8 Å². The summed E-state index contributed by atoms with van der Waals surface area (Å²) in [5.41, 5.74) is 5.72. The smallest absolute Gasteiger partial charge is 0.467 e. The Kier molecular flexibility index (Phi) is 8.45. The number of hydrogen-bond donors (Lipinski definition) is 2. The molecule has 2 aliphatic rings. The van der Waals surface area contributed by atoms with Gasteiger partial charge in [-0.25, -0.2) is 36.3 Å². The number of ether oxygens (including phenoxy) is 2. The fraction of sp³-hybridized carbons (Fsp3) is 0.440. The normalized spacial score (nSPS) is 19.2. The Morgan fingerprint density at radius 2 is 2.02 bits per heavy atom. The number of aromatic nitrogens is 2. The van der Waals surface area contributed by atoms with Crippen LogP contribution in [0, 0.1) is 0 Å². The molecule has 2 N–H and O–H groups in total. The minimum Gasteiger partial charge on any atom is -0.467 e. The molecule has 0 spiro atoms. The van der Waals surface area contributed by atoms with Gasteiger partial charge in [0.2, 0.25) is 16.8 Å². The van der Waals surface area contributed by atoms with Gasteiger partial charge in [-0.2, -0.15) is 0 Å². The van der Waals surface area contributed by atoms with Crippen LogP contribution in [-0.4, -0.2) is 86.3 Å². The van der Waals surface area contributed by atoms with Crippen LogP contribution in [0.25, 0.3) is 10.8 Å². The summed E-state index contributed by atoms with van der Waals surface area (Å²) in [5, 5.41) is 0.710. The molecule has 0 aliphatic carbocycles. The number of nitrogens with two attached hydrogens (primary N) is 1. The number of halogens is 5.